The minimum Gasteiger partial charge on any atom is -0.495 e. The van der Waals surface area contributed by atoms with E-state index in [2.05, 4.69) is 0 Å². The van der Waals surface area contributed by atoms with Crippen LogP contribution < -0.4 is 4.74 Å². The van der Waals surface area contributed by atoms with Gasteiger partial charge in [0.2, 0.25) is 10.0 Å². The van der Waals surface area contributed by atoms with Crippen molar-refractivity contribution in [2.24, 2.45) is 5.92 Å². The van der Waals surface area contributed by atoms with Crippen LogP contribution in [-0.4, -0.2) is 48.4 Å². The lowest BCUT2D eigenvalue weighted by Gasteiger charge is -2.36. The molecule has 1 aromatic carbocycles. The molecule has 0 aliphatic carbocycles. The summed E-state index contributed by atoms with van der Waals surface area (Å²) in [6, 6.07) is 2.54. The van der Waals surface area contributed by atoms with Crippen LogP contribution in [0.2, 0.25) is 0 Å². The average Bonchev–Trinajstić information content (AvgIpc) is 2.53. The highest BCUT2D eigenvalue weighted by molar-refractivity contribution is 7.89. The van der Waals surface area contributed by atoms with Crippen LogP contribution in [0.25, 0.3) is 0 Å². The van der Waals surface area contributed by atoms with E-state index in [1.54, 1.807) is 0 Å². The number of rotatable bonds is 5. The summed E-state index contributed by atoms with van der Waals surface area (Å²) in [7, 11) is -2.87. The van der Waals surface area contributed by atoms with Gasteiger partial charge >= 0.3 is 5.97 Å². The van der Waals surface area contributed by atoms with Crippen LogP contribution in [-0.2, 0) is 14.8 Å². The van der Waals surface area contributed by atoms with Gasteiger partial charge in [0.15, 0.2) is 0 Å². The molecule has 9 nitrogen and oxygen atoms in total. The van der Waals surface area contributed by atoms with Gasteiger partial charge < -0.3 is 9.84 Å². The Morgan fingerprint density at radius 1 is 1.46 bits per heavy atom. The Morgan fingerprint density at radius 2 is 2.12 bits per heavy atom. The van der Waals surface area contributed by atoms with E-state index in [1.807, 2.05) is 0 Å². The zero-order chi connectivity index (χ0) is 18.1. The molecule has 0 saturated carbocycles. The number of hydrogen-bond acceptors (Lipinski definition) is 6. The lowest BCUT2D eigenvalue weighted by atomic mass is 9.92. The predicted molar refractivity (Wildman–Crippen MR) is 83.4 cm³/mol. The molecule has 1 aliphatic heterocycles. The molecule has 1 saturated heterocycles. The van der Waals surface area contributed by atoms with Crippen molar-refractivity contribution in [1.82, 2.24) is 4.31 Å². The van der Waals surface area contributed by atoms with Crippen molar-refractivity contribution in [2.45, 2.75) is 30.7 Å². The molecule has 0 aromatic heterocycles. The van der Waals surface area contributed by atoms with Gasteiger partial charge in [-0.1, -0.05) is 0 Å². The fourth-order valence-corrected chi connectivity index (χ4v) is 4.77. The van der Waals surface area contributed by atoms with Crippen LogP contribution in [0.1, 0.15) is 19.8 Å². The van der Waals surface area contributed by atoms with E-state index in [0.29, 0.717) is 12.8 Å². The van der Waals surface area contributed by atoms with Crippen LogP contribution in [0, 0.1) is 16.0 Å². The molecule has 0 unspecified atom stereocenters. The molecule has 1 heterocycles. The van der Waals surface area contributed by atoms with Gasteiger partial charge in [0.05, 0.1) is 18.0 Å². The molecule has 1 aliphatic rings. The number of benzene rings is 1. The summed E-state index contributed by atoms with van der Waals surface area (Å²) >= 11 is 0. The number of nitro groups is 1. The third-order valence-electron chi connectivity index (χ3n) is 4.19. The number of sulfonamides is 1. The van der Waals surface area contributed by atoms with E-state index < -0.39 is 32.9 Å². The molecule has 0 spiro atoms. The third kappa shape index (κ3) is 3.20. The monoisotopic (exact) mass is 358 g/mol. The van der Waals surface area contributed by atoms with Crippen LogP contribution in [0.4, 0.5) is 5.69 Å². The number of piperidine rings is 1. The van der Waals surface area contributed by atoms with Crippen molar-refractivity contribution in [2.75, 3.05) is 13.7 Å². The van der Waals surface area contributed by atoms with Crippen molar-refractivity contribution >= 4 is 21.7 Å². The largest absolute Gasteiger partial charge is 0.495 e. The molecule has 2 atom stereocenters. The van der Waals surface area contributed by atoms with Crippen LogP contribution in [0.5, 0.6) is 5.75 Å². The molecule has 2 rings (SSSR count). The first-order valence-corrected chi connectivity index (χ1v) is 8.71. The maximum Gasteiger partial charge on any atom is 0.308 e. The number of hydrogen-bond donors (Lipinski definition) is 1. The minimum absolute atomic E-state index is 0.0229. The first-order chi connectivity index (χ1) is 11.2. The number of non-ortho nitro benzene ring substituents is 1. The SMILES string of the molecule is COc1ccc([N+](=O)[O-])cc1S(=O)(=O)N1CCC[C@H](C(=O)O)[C@@H]1C. The summed E-state index contributed by atoms with van der Waals surface area (Å²) in [5.41, 5.74) is -0.381. The summed E-state index contributed by atoms with van der Waals surface area (Å²) in [6.07, 6.45) is 0.784. The smallest absolute Gasteiger partial charge is 0.308 e. The van der Waals surface area contributed by atoms with Crippen LogP contribution >= 0.6 is 0 Å². The van der Waals surface area contributed by atoms with E-state index in [4.69, 9.17) is 4.74 Å². The number of methoxy groups -OCH3 is 1. The highest BCUT2D eigenvalue weighted by Crippen LogP contribution is 2.35. The number of carboxylic acid groups (broad SMARTS) is 1. The van der Waals surface area contributed by atoms with E-state index in [-0.39, 0.29) is 22.9 Å². The first kappa shape index (κ1) is 18.1. The third-order valence-corrected chi connectivity index (χ3v) is 6.20. The Balaban J connectivity index is 2.51. The summed E-state index contributed by atoms with van der Waals surface area (Å²) in [6.45, 7) is 1.68. The van der Waals surface area contributed by atoms with E-state index in [0.717, 1.165) is 16.4 Å². The normalized spacial score (nSPS) is 22.1. The minimum atomic E-state index is -4.14. The zero-order valence-electron chi connectivity index (χ0n) is 13.2. The van der Waals surface area contributed by atoms with Crippen molar-refractivity contribution in [3.05, 3.63) is 28.3 Å². The zero-order valence-corrected chi connectivity index (χ0v) is 14.0. The highest BCUT2D eigenvalue weighted by atomic mass is 32.2. The quantitative estimate of drug-likeness (QED) is 0.623. The average molecular weight is 358 g/mol. The molecule has 1 fully saturated rings. The molecule has 1 aromatic rings. The van der Waals surface area contributed by atoms with Gasteiger partial charge in [-0.25, -0.2) is 8.42 Å². The second-order valence-electron chi connectivity index (χ2n) is 5.54. The Kier molecular flexibility index (Phi) is 5.09. The van der Waals surface area contributed by atoms with Crippen LogP contribution in [0.3, 0.4) is 0 Å². The Labute approximate surface area is 139 Å². The number of aliphatic carboxylic acids is 1. The van der Waals surface area contributed by atoms with Crippen molar-refractivity contribution in [3.8, 4) is 5.75 Å². The summed E-state index contributed by atoms with van der Waals surface area (Å²) in [4.78, 5) is 21.2. The highest BCUT2D eigenvalue weighted by Gasteiger charge is 2.41. The first-order valence-electron chi connectivity index (χ1n) is 7.27. The van der Waals surface area contributed by atoms with E-state index >= 15 is 0 Å². The van der Waals surface area contributed by atoms with Gasteiger partial charge in [0, 0.05) is 24.7 Å². The standard InChI is InChI=1S/C14H18N2O7S/c1-9-11(14(17)18)4-3-7-15(9)24(21,22)13-8-10(16(19)20)5-6-12(13)23-2/h5-6,8-9,11H,3-4,7H2,1-2H3,(H,17,18)/t9-,11-/m0/s1. The second kappa shape index (κ2) is 6.73. The molecular formula is C14H18N2O7S. The molecule has 0 amide bonds. The van der Waals surface area contributed by atoms with Gasteiger partial charge in [-0.05, 0) is 25.8 Å². The second-order valence-corrected chi connectivity index (χ2v) is 7.39. The number of nitro benzene ring substituents is 1. The lowest BCUT2D eigenvalue weighted by Crippen LogP contribution is -2.49. The molecule has 1 N–H and O–H groups in total. The molecule has 10 heteroatoms. The molecule has 0 radical (unpaired) electrons. The van der Waals surface area contributed by atoms with E-state index in [9.17, 15) is 28.4 Å². The van der Waals surface area contributed by atoms with Crippen molar-refractivity contribution in [3.63, 3.8) is 0 Å². The van der Waals surface area contributed by atoms with Gasteiger partial charge in [0.25, 0.3) is 5.69 Å². The molecule has 0 bridgehead atoms. The van der Waals surface area contributed by atoms with Crippen LogP contribution in [0.15, 0.2) is 23.1 Å². The lowest BCUT2D eigenvalue weighted by molar-refractivity contribution is -0.385. The molecular weight excluding hydrogens is 340 g/mol. The van der Waals surface area contributed by atoms with Gasteiger partial charge in [0.1, 0.15) is 10.6 Å². The topological polar surface area (TPSA) is 127 Å². The summed E-state index contributed by atoms with van der Waals surface area (Å²) in [5.74, 6) is -1.91. The van der Waals surface area contributed by atoms with Gasteiger partial charge in [-0.2, -0.15) is 4.31 Å². The number of carboxylic acids is 1. The maximum atomic E-state index is 13.0. The Morgan fingerprint density at radius 3 is 2.67 bits per heavy atom. The predicted octanol–water partition coefficient (Wildman–Crippen LogP) is 1.48. The van der Waals surface area contributed by atoms with Gasteiger partial charge in [-0.3, -0.25) is 14.9 Å². The van der Waals surface area contributed by atoms with Crippen molar-refractivity contribution < 1.29 is 28.0 Å². The number of nitrogens with zero attached hydrogens (tertiary/aromatic N) is 2. The molecule has 24 heavy (non-hydrogen) atoms. The number of carbonyl (C=O) groups is 1. The number of ether oxygens (including phenoxy) is 1. The maximum absolute atomic E-state index is 13.0. The summed E-state index contributed by atoms with van der Waals surface area (Å²) in [5, 5.41) is 20.2. The van der Waals surface area contributed by atoms with E-state index in [1.165, 1.54) is 20.1 Å². The molecule has 132 valence electrons. The fourth-order valence-electron chi connectivity index (χ4n) is 2.89. The Hall–Kier alpha value is -2.20. The fraction of sp³-hybridized carbons (Fsp3) is 0.500. The summed E-state index contributed by atoms with van der Waals surface area (Å²) < 4.78 is 32.0. The van der Waals surface area contributed by atoms with Gasteiger partial charge in [-0.15, -0.1) is 0 Å². The van der Waals surface area contributed by atoms with Crippen molar-refractivity contribution in [1.29, 1.82) is 0 Å². The Bertz CT molecular complexity index is 762.